The van der Waals surface area contributed by atoms with Crippen LogP contribution in [-0.4, -0.2) is 10.6 Å². The summed E-state index contributed by atoms with van der Waals surface area (Å²) in [7, 11) is 1.61. The van der Waals surface area contributed by atoms with Gasteiger partial charge in [-0.1, -0.05) is 29.8 Å². The largest absolute Gasteiger partial charge is 0.323 e. The lowest BCUT2D eigenvalue weighted by molar-refractivity contribution is 0.262. The maximum Gasteiger partial charge on any atom is 0.323 e. The van der Waals surface area contributed by atoms with Crippen LogP contribution in [0.2, 0.25) is 5.02 Å². The highest BCUT2D eigenvalue weighted by atomic mass is 35.5. The van der Waals surface area contributed by atoms with Gasteiger partial charge in [0.25, 0.3) is 5.56 Å². The summed E-state index contributed by atoms with van der Waals surface area (Å²) in [5, 5.41) is 6.00. The van der Waals surface area contributed by atoms with Crippen molar-refractivity contribution in [2.45, 2.75) is 13.8 Å². The first-order valence-electron chi connectivity index (χ1n) is 10.1. The number of carbonyl (C=O) groups is 1. The molecule has 4 aromatic rings. The average Bonchev–Trinajstić information content (AvgIpc) is 2.76. The lowest BCUT2D eigenvalue weighted by atomic mass is 9.96. The van der Waals surface area contributed by atoms with Crippen molar-refractivity contribution in [3.63, 3.8) is 0 Å². The average molecular weight is 468 g/mol. The molecule has 0 unspecified atom stereocenters. The van der Waals surface area contributed by atoms with Crippen molar-refractivity contribution in [3.05, 3.63) is 92.7 Å². The maximum atomic E-state index is 14.0. The zero-order chi connectivity index (χ0) is 23.9. The Hall–Kier alpha value is -3.71. The van der Waals surface area contributed by atoms with E-state index in [0.717, 1.165) is 28.6 Å². The fourth-order valence-corrected chi connectivity index (χ4v) is 3.95. The summed E-state index contributed by atoms with van der Waals surface area (Å²) in [6, 6.07) is 12.8. The van der Waals surface area contributed by atoms with Gasteiger partial charge in [-0.15, -0.1) is 0 Å². The molecule has 0 bridgehead atoms. The quantitative estimate of drug-likeness (QED) is 0.366. The number of nitrogens with zero attached hydrogens (tertiary/aromatic N) is 1. The van der Waals surface area contributed by atoms with Gasteiger partial charge in [0.15, 0.2) is 0 Å². The first-order valence-corrected chi connectivity index (χ1v) is 10.5. The number of urea groups is 1. The van der Waals surface area contributed by atoms with Gasteiger partial charge in [-0.05, 0) is 55.3 Å². The van der Waals surface area contributed by atoms with Gasteiger partial charge in [-0.3, -0.25) is 4.79 Å². The minimum atomic E-state index is -0.936. The van der Waals surface area contributed by atoms with E-state index in [1.807, 2.05) is 26.0 Å². The van der Waals surface area contributed by atoms with E-state index in [-0.39, 0.29) is 11.4 Å². The molecule has 2 N–H and O–H groups in total. The van der Waals surface area contributed by atoms with Gasteiger partial charge in [0, 0.05) is 34.6 Å². The van der Waals surface area contributed by atoms with Gasteiger partial charge in [0.2, 0.25) is 0 Å². The number of halogens is 3. The van der Waals surface area contributed by atoms with E-state index in [1.165, 1.54) is 4.57 Å². The molecule has 8 heteroatoms. The van der Waals surface area contributed by atoms with Crippen molar-refractivity contribution < 1.29 is 13.6 Å². The number of nitrogens with one attached hydrogen (secondary N) is 2. The monoisotopic (exact) mass is 467 g/mol. The predicted octanol–water partition coefficient (Wildman–Crippen LogP) is 6.40. The highest BCUT2D eigenvalue weighted by Crippen LogP contribution is 2.38. The molecule has 0 spiro atoms. The van der Waals surface area contributed by atoms with E-state index in [1.54, 1.807) is 31.3 Å². The second-order valence-corrected chi connectivity index (χ2v) is 8.16. The molecular formula is C25H20ClF2N3O2. The summed E-state index contributed by atoms with van der Waals surface area (Å²) in [4.78, 5) is 26.1. The molecule has 1 heterocycles. The SMILES string of the molecule is Cc1cc2c(-c3ccccc3Cl)c(NC(=O)Nc3ccc(F)cc3F)c(=O)n(C)c2cc1C. The molecule has 4 rings (SSSR count). The zero-order valence-corrected chi connectivity index (χ0v) is 18.8. The first kappa shape index (κ1) is 22.5. The number of fused-ring (bicyclic) bond motifs is 1. The normalized spacial score (nSPS) is 11.0. The predicted molar refractivity (Wildman–Crippen MR) is 128 cm³/mol. The Morgan fingerprint density at radius 2 is 1.67 bits per heavy atom. The Balaban J connectivity index is 1.92. The van der Waals surface area contributed by atoms with Crippen LogP contribution in [0.3, 0.4) is 0 Å². The highest BCUT2D eigenvalue weighted by Gasteiger charge is 2.21. The summed E-state index contributed by atoms with van der Waals surface area (Å²) in [5.74, 6) is -1.71. The fraction of sp³-hybridized carbons (Fsp3) is 0.120. The minimum absolute atomic E-state index is 0.0126. The molecule has 2 amide bonds. The van der Waals surface area contributed by atoms with E-state index < -0.39 is 23.2 Å². The Morgan fingerprint density at radius 1 is 0.970 bits per heavy atom. The third-order valence-electron chi connectivity index (χ3n) is 5.57. The Labute approximate surface area is 193 Å². The van der Waals surface area contributed by atoms with Crippen molar-refractivity contribution in [2.24, 2.45) is 7.05 Å². The summed E-state index contributed by atoms with van der Waals surface area (Å²) in [6.45, 7) is 3.90. The van der Waals surface area contributed by atoms with Crippen LogP contribution in [0.1, 0.15) is 11.1 Å². The molecule has 0 radical (unpaired) electrons. The van der Waals surface area contributed by atoms with E-state index >= 15 is 0 Å². The van der Waals surface area contributed by atoms with Crippen LogP contribution in [0, 0.1) is 25.5 Å². The third kappa shape index (κ3) is 4.19. The smallest absolute Gasteiger partial charge is 0.310 e. The third-order valence-corrected chi connectivity index (χ3v) is 5.90. The number of benzene rings is 3. The molecule has 0 saturated heterocycles. The number of anilines is 2. The Morgan fingerprint density at radius 3 is 2.36 bits per heavy atom. The standard InChI is InChI=1S/C25H20ClF2N3O2/c1-13-10-17-21(11-14(13)2)31(3)24(32)23(22(17)16-6-4-5-7-18(16)26)30-25(33)29-20-9-8-15(27)12-19(20)28/h4-12H,1-3H3,(H2,29,30,33). The molecular weight excluding hydrogens is 448 g/mol. The molecule has 0 saturated carbocycles. The first-order chi connectivity index (χ1) is 15.7. The number of hydrogen-bond donors (Lipinski definition) is 2. The number of aromatic nitrogens is 1. The van der Waals surface area contributed by atoms with Crippen LogP contribution in [-0.2, 0) is 7.05 Å². The number of hydrogen-bond acceptors (Lipinski definition) is 2. The molecule has 0 aliphatic carbocycles. The van der Waals surface area contributed by atoms with Crippen molar-refractivity contribution in [1.82, 2.24) is 4.57 Å². The molecule has 1 aromatic heterocycles. The number of pyridine rings is 1. The summed E-state index contributed by atoms with van der Waals surface area (Å²) >= 11 is 6.47. The van der Waals surface area contributed by atoms with Crippen LogP contribution >= 0.6 is 11.6 Å². The molecule has 33 heavy (non-hydrogen) atoms. The minimum Gasteiger partial charge on any atom is -0.310 e. The number of carbonyl (C=O) groups excluding carboxylic acids is 1. The van der Waals surface area contributed by atoms with Crippen LogP contribution in [0.5, 0.6) is 0 Å². The lowest BCUT2D eigenvalue weighted by Crippen LogP contribution is -2.28. The van der Waals surface area contributed by atoms with Crippen LogP contribution in [0.15, 0.2) is 59.4 Å². The Bertz CT molecular complexity index is 1480. The van der Waals surface area contributed by atoms with E-state index in [0.29, 0.717) is 27.7 Å². The van der Waals surface area contributed by atoms with E-state index in [4.69, 9.17) is 11.6 Å². The highest BCUT2D eigenvalue weighted by molar-refractivity contribution is 6.34. The van der Waals surface area contributed by atoms with Crippen LogP contribution < -0.4 is 16.2 Å². The van der Waals surface area contributed by atoms with Crippen molar-refractivity contribution >= 4 is 39.9 Å². The van der Waals surface area contributed by atoms with Crippen molar-refractivity contribution in [3.8, 4) is 11.1 Å². The second kappa shape index (κ2) is 8.67. The Kier molecular flexibility index (Phi) is 5.91. The van der Waals surface area contributed by atoms with Gasteiger partial charge < -0.3 is 15.2 Å². The van der Waals surface area contributed by atoms with Crippen molar-refractivity contribution in [2.75, 3.05) is 10.6 Å². The topological polar surface area (TPSA) is 63.1 Å². The molecule has 5 nitrogen and oxygen atoms in total. The second-order valence-electron chi connectivity index (χ2n) is 7.75. The van der Waals surface area contributed by atoms with Gasteiger partial charge in [-0.25, -0.2) is 13.6 Å². The molecule has 0 aliphatic rings. The van der Waals surface area contributed by atoms with Crippen LogP contribution in [0.4, 0.5) is 25.0 Å². The van der Waals surface area contributed by atoms with E-state index in [9.17, 15) is 18.4 Å². The summed E-state index contributed by atoms with van der Waals surface area (Å²) in [6.07, 6.45) is 0. The van der Waals surface area contributed by atoms with E-state index in [2.05, 4.69) is 10.6 Å². The van der Waals surface area contributed by atoms with Gasteiger partial charge in [-0.2, -0.15) is 0 Å². The lowest BCUT2D eigenvalue weighted by Gasteiger charge is -2.19. The maximum absolute atomic E-state index is 14.0. The van der Waals surface area contributed by atoms with Gasteiger partial charge >= 0.3 is 6.03 Å². The summed E-state index contributed by atoms with van der Waals surface area (Å²) in [5.41, 5.74) is 3.00. The van der Waals surface area contributed by atoms with Gasteiger partial charge in [0.1, 0.15) is 17.3 Å². The molecule has 0 aliphatic heterocycles. The van der Waals surface area contributed by atoms with Crippen molar-refractivity contribution in [1.29, 1.82) is 0 Å². The molecule has 0 atom stereocenters. The number of rotatable bonds is 3. The number of amides is 2. The molecule has 0 fully saturated rings. The number of aryl methyl sites for hydroxylation is 3. The fourth-order valence-electron chi connectivity index (χ4n) is 3.72. The van der Waals surface area contributed by atoms with Crippen LogP contribution in [0.25, 0.3) is 22.0 Å². The molecule has 3 aromatic carbocycles. The summed E-state index contributed by atoms with van der Waals surface area (Å²) < 4.78 is 28.6. The van der Waals surface area contributed by atoms with Gasteiger partial charge in [0.05, 0.1) is 11.2 Å². The zero-order valence-electron chi connectivity index (χ0n) is 18.1. The molecule has 168 valence electrons.